The van der Waals surface area contributed by atoms with E-state index in [2.05, 4.69) is 30.7 Å². The number of ether oxygens (including phenoxy) is 1. The summed E-state index contributed by atoms with van der Waals surface area (Å²) in [6, 6.07) is 4.45. The van der Waals surface area contributed by atoms with Gasteiger partial charge in [0.1, 0.15) is 17.2 Å². The number of nitrogens with two attached hydrogens (primary N) is 1. The van der Waals surface area contributed by atoms with Gasteiger partial charge in [0, 0.05) is 50.2 Å². The van der Waals surface area contributed by atoms with Gasteiger partial charge in [-0.05, 0) is 39.1 Å². The Labute approximate surface area is 132 Å². The Bertz CT molecular complexity index is 541. The van der Waals surface area contributed by atoms with E-state index in [1.165, 1.54) is 12.1 Å². The van der Waals surface area contributed by atoms with E-state index < -0.39 is 0 Å². The first-order valence-electron chi connectivity index (χ1n) is 8.02. The highest BCUT2D eigenvalue weighted by Crippen LogP contribution is 2.43. The molecule has 0 radical (unpaired) electrons. The van der Waals surface area contributed by atoms with Gasteiger partial charge in [0.05, 0.1) is 0 Å². The summed E-state index contributed by atoms with van der Waals surface area (Å²) in [4.78, 5) is 4.78. The number of hydrogen-bond donors (Lipinski definition) is 1. The van der Waals surface area contributed by atoms with Gasteiger partial charge in [0.15, 0.2) is 0 Å². The van der Waals surface area contributed by atoms with Crippen molar-refractivity contribution in [2.75, 3.05) is 39.8 Å². The molecule has 1 fully saturated rings. The zero-order valence-corrected chi connectivity index (χ0v) is 13.7. The fourth-order valence-electron chi connectivity index (χ4n) is 3.52. The summed E-state index contributed by atoms with van der Waals surface area (Å²) in [5, 5.41) is 0. The average Bonchev–Trinajstić information content (AvgIpc) is 2.46. The number of nitrogens with zero attached hydrogens (tertiary/aromatic N) is 2. The first-order valence-corrected chi connectivity index (χ1v) is 8.02. The molecule has 2 aliphatic heterocycles. The molecule has 1 saturated heterocycles. The molecule has 0 amide bonds. The quantitative estimate of drug-likeness (QED) is 0.905. The maximum atomic E-state index is 13.6. The van der Waals surface area contributed by atoms with Crippen molar-refractivity contribution in [2.45, 2.75) is 25.5 Å². The Kier molecular flexibility index (Phi) is 4.14. The van der Waals surface area contributed by atoms with E-state index in [1.54, 1.807) is 6.07 Å². The third kappa shape index (κ3) is 2.98. The summed E-state index contributed by atoms with van der Waals surface area (Å²) >= 11 is 0. The van der Waals surface area contributed by atoms with Crippen LogP contribution in [0.3, 0.4) is 0 Å². The molecule has 2 N–H and O–H groups in total. The van der Waals surface area contributed by atoms with E-state index in [0.717, 1.165) is 38.3 Å². The van der Waals surface area contributed by atoms with Gasteiger partial charge in [0.25, 0.3) is 0 Å². The lowest BCUT2D eigenvalue weighted by atomic mass is 9.78. The normalized spacial score (nSPS) is 29.0. The molecule has 2 heterocycles. The first-order chi connectivity index (χ1) is 10.4. The van der Waals surface area contributed by atoms with Crippen LogP contribution >= 0.6 is 0 Å². The van der Waals surface area contributed by atoms with Crippen LogP contribution < -0.4 is 10.5 Å². The number of fused-ring (bicyclic) bond motifs is 1. The van der Waals surface area contributed by atoms with Crippen molar-refractivity contribution in [3.8, 4) is 5.75 Å². The minimum absolute atomic E-state index is 0.144. The van der Waals surface area contributed by atoms with E-state index in [-0.39, 0.29) is 23.4 Å². The molecular weight excluding hydrogens is 281 g/mol. The molecule has 122 valence electrons. The Balaban J connectivity index is 1.81. The van der Waals surface area contributed by atoms with E-state index in [0.29, 0.717) is 5.75 Å². The molecule has 3 rings (SSSR count). The number of likely N-dealkylation sites (N-methyl/N-ethyl adjacent to an activating group) is 1. The summed E-state index contributed by atoms with van der Waals surface area (Å²) in [5.41, 5.74) is 6.93. The SMILES string of the molecule is CN1CCN(CC2C(N)c3cc(F)ccc3OC2(C)C)CC1. The minimum Gasteiger partial charge on any atom is -0.487 e. The molecule has 1 aromatic rings. The molecule has 1 aromatic carbocycles. The second-order valence-electron chi connectivity index (χ2n) is 7.12. The van der Waals surface area contributed by atoms with Gasteiger partial charge < -0.3 is 20.3 Å². The van der Waals surface area contributed by atoms with Crippen LogP contribution in [0.4, 0.5) is 4.39 Å². The Morgan fingerprint density at radius 1 is 1.27 bits per heavy atom. The molecule has 0 spiro atoms. The zero-order valence-electron chi connectivity index (χ0n) is 13.7. The maximum absolute atomic E-state index is 13.6. The number of piperazine rings is 1. The van der Waals surface area contributed by atoms with Crippen molar-refractivity contribution >= 4 is 0 Å². The van der Waals surface area contributed by atoms with E-state index in [9.17, 15) is 4.39 Å². The summed E-state index contributed by atoms with van der Waals surface area (Å²) < 4.78 is 19.7. The van der Waals surface area contributed by atoms with Crippen LogP contribution in [0.25, 0.3) is 0 Å². The second kappa shape index (κ2) is 5.80. The number of benzene rings is 1. The third-order valence-corrected chi connectivity index (χ3v) is 5.08. The number of halogens is 1. The third-order valence-electron chi connectivity index (χ3n) is 5.08. The van der Waals surface area contributed by atoms with E-state index in [4.69, 9.17) is 10.5 Å². The van der Waals surface area contributed by atoms with Gasteiger partial charge in [-0.1, -0.05) is 0 Å². The Morgan fingerprint density at radius 3 is 2.64 bits per heavy atom. The van der Waals surface area contributed by atoms with Crippen LogP contribution in [0.5, 0.6) is 5.75 Å². The van der Waals surface area contributed by atoms with Crippen molar-refractivity contribution in [3.05, 3.63) is 29.6 Å². The van der Waals surface area contributed by atoms with Gasteiger partial charge in [-0.2, -0.15) is 0 Å². The van der Waals surface area contributed by atoms with Gasteiger partial charge in [-0.15, -0.1) is 0 Å². The van der Waals surface area contributed by atoms with Gasteiger partial charge in [0.2, 0.25) is 0 Å². The lowest BCUT2D eigenvalue weighted by molar-refractivity contribution is -0.0127. The average molecular weight is 307 g/mol. The smallest absolute Gasteiger partial charge is 0.125 e. The molecule has 0 bridgehead atoms. The molecule has 0 saturated carbocycles. The fraction of sp³-hybridized carbons (Fsp3) is 0.647. The molecule has 2 unspecified atom stereocenters. The lowest BCUT2D eigenvalue weighted by Crippen LogP contribution is -2.54. The highest BCUT2D eigenvalue weighted by Gasteiger charge is 2.43. The minimum atomic E-state index is -0.354. The topological polar surface area (TPSA) is 41.7 Å². The van der Waals surface area contributed by atoms with Crippen molar-refractivity contribution in [3.63, 3.8) is 0 Å². The number of hydrogen-bond acceptors (Lipinski definition) is 4. The molecule has 22 heavy (non-hydrogen) atoms. The van der Waals surface area contributed by atoms with E-state index >= 15 is 0 Å². The molecular formula is C17H26FN3O. The maximum Gasteiger partial charge on any atom is 0.125 e. The largest absolute Gasteiger partial charge is 0.487 e. The van der Waals surface area contributed by atoms with Crippen molar-refractivity contribution in [1.29, 1.82) is 0 Å². The molecule has 2 aliphatic rings. The standard InChI is InChI=1S/C17H26FN3O/c1-17(2)14(11-21-8-6-20(3)7-9-21)16(19)13-10-12(18)4-5-15(13)22-17/h4-5,10,14,16H,6-9,11,19H2,1-3H3. The van der Waals surface area contributed by atoms with Crippen molar-refractivity contribution in [2.24, 2.45) is 11.7 Å². The fourth-order valence-corrected chi connectivity index (χ4v) is 3.52. The predicted octanol–water partition coefficient (Wildman–Crippen LogP) is 1.86. The monoisotopic (exact) mass is 307 g/mol. The van der Waals surface area contributed by atoms with Crippen molar-refractivity contribution in [1.82, 2.24) is 9.80 Å². The van der Waals surface area contributed by atoms with Crippen LogP contribution in [0.15, 0.2) is 18.2 Å². The molecule has 0 aliphatic carbocycles. The van der Waals surface area contributed by atoms with Gasteiger partial charge >= 0.3 is 0 Å². The van der Waals surface area contributed by atoms with E-state index in [1.807, 2.05) is 0 Å². The van der Waals surface area contributed by atoms with Crippen molar-refractivity contribution < 1.29 is 9.13 Å². The van der Waals surface area contributed by atoms with Crippen LogP contribution in [0.2, 0.25) is 0 Å². The molecule has 4 nitrogen and oxygen atoms in total. The summed E-state index contributed by atoms with van der Waals surface area (Å²) in [5.74, 6) is 0.606. The number of rotatable bonds is 2. The van der Waals surface area contributed by atoms with Crippen LogP contribution in [0, 0.1) is 11.7 Å². The second-order valence-corrected chi connectivity index (χ2v) is 7.12. The Hall–Kier alpha value is -1.17. The summed E-state index contributed by atoms with van der Waals surface area (Å²) in [6.07, 6.45) is 0. The zero-order chi connectivity index (χ0) is 15.9. The summed E-state index contributed by atoms with van der Waals surface area (Å²) in [6.45, 7) is 9.30. The van der Waals surface area contributed by atoms with Crippen LogP contribution in [0.1, 0.15) is 25.5 Å². The lowest BCUT2D eigenvalue weighted by Gasteiger charge is -2.46. The highest BCUT2D eigenvalue weighted by molar-refractivity contribution is 5.40. The highest BCUT2D eigenvalue weighted by atomic mass is 19.1. The molecule has 0 aromatic heterocycles. The molecule has 5 heteroatoms. The van der Waals surface area contributed by atoms with Crippen LogP contribution in [-0.4, -0.2) is 55.2 Å². The van der Waals surface area contributed by atoms with Gasteiger partial charge in [-0.25, -0.2) is 4.39 Å². The summed E-state index contributed by atoms with van der Waals surface area (Å²) in [7, 11) is 2.15. The predicted molar refractivity (Wildman–Crippen MR) is 85.5 cm³/mol. The first kappa shape index (κ1) is 15.7. The van der Waals surface area contributed by atoms with Crippen LogP contribution in [-0.2, 0) is 0 Å². The van der Waals surface area contributed by atoms with Gasteiger partial charge in [-0.3, -0.25) is 0 Å². The Morgan fingerprint density at radius 2 is 1.95 bits per heavy atom. The molecule has 2 atom stereocenters.